The molecule has 232 valence electrons. The number of benzene rings is 2. The molecular weight excluding hydrogens is 588 g/mol. The number of fused-ring (bicyclic) bond motifs is 4. The second-order valence-electron chi connectivity index (χ2n) is 11.1. The Morgan fingerprint density at radius 3 is 2.52 bits per heavy atom. The highest BCUT2D eigenvalue weighted by molar-refractivity contribution is 6.32. The lowest BCUT2D eigenvalue weighted by molar-refractivity contribution is -0.156. The molecule has 2 heterocycles. The van der Waals surface area contributed by atoms with Crippen LogP contribution in [0.1, 0.15) is 73.9 Å². The lowest BCUT2D eigenvalue weighted by Crippen LogP contribution is -2.31. The minimum absolute atomic E-state index is 0.199. The van der Waals surface area contributed by atoms with Crippen molar-refractivity contribution in [3.8, 4) is 11.3 Å². The topological polar surface area (TPSA) is 178 Å². The molecule has 6 N–H and O–H groups in total. The van der Waals surface area contributed by atoms with Gasteiger partial charge in [0.05, 0.1) is 18.8 Å². The number of H-pyrrole nitrogens is 1. The smallest absolute Gasteiger partial charge is 0.411 e. The van der Waals surface area contributed by atoms with E-state index in [1.54, 1.807) is 63.2 Å². The van der Waals surface area contributed by atoms with Crippen LogP contribution in [-0.2, 0) is 19.1 Å². The zero-order valence-corrected chi connectivity index (χ0v) is 25.6. The maximum Gasteiger partial charge on any atom is 0.411 e. The number of carbonyl (C=O) groups is 4. The van der Waals surface area contributed by atoms with Crippen molar-refractivity contribution in [3.63, 3.8) is 0 Å². The van der Waals surface area contributed by atoms with Crippen LogP contribution >= 0.6 is 11.6 Å². The summed E-state index contributed by atoms with van der Waals surface area (Å²) < 4.78 is 10.0. The molecule has 1 aliphatic heterocycles. The SMILES string of the molecule is COC(=O)Nc1ccc2c(c1)NC(=O)CC/C=C/C[C@H](NC(=O)c1ccc(C(N)C(=O)OC(C)(C)C)cc1)c1nc-2c(Cl)[nH]1. The summed E-state index contributed by atoms with van der Waals surface area (Å²) in [4.78, 5) is 57.9. The summed E-state index contributed by atoms with van der Waals surface area (Å²) in [6.45, 7) is 5.28. The van der Waals surface area contributed by atoms with Crippen LogP contribution in [0.25, 0.3) is 11.3 Å². The molecule has 1 aliphatic rings. The maximum absolute atomic E-state index is 13.3. The van der Waals surface area contributed by atoms with Crippen LogP contribution in [0.4, 0.5) is 16.2 Å². The van der Waals surface area contributed by atoms with Gasteiger partial charge in [0.2, 0.25) is 5.91 Å². The lowest BCUT2D eigenvalue weighted by Gasteiger charge is -2.22. The molecule has 0 aliphatic carbocycles. The number of nitrogens with two attached hydrogens (primary N) is 1. The number of amides is 3. The Labute approximate surface area is 259 Å². The Kier molecular flexibility index (Phi) is 10.1. The van der Waals surface area contributed by atoms with E-state index in [1.165, 1.54) is 7.11 Å². The fourth-order valence-corrected chi connectivity index (χ4v) is 4.66. The number of esters is 1. The first kappa shape index (κ1) is 32.2. The zero-order valence-electron chi connectivity index (χ0n) is 24.8. The Balaban J connectivity index is 1.60. The average molecular weight is 623 g/mol. The van der Waals surface area contributed by atoms with Gasteiger partial charge in [-0.05, 0) is 69.5 Å². The third-order valence-corrected chi connectivity index (χ3v) is 6.84. The minimum Gasteiger partial charge on any atom is -0.459 e. The van der Waals surface area contributed by atoms with Crippen LogP contribution in [0.2, 0.25) is 5.15 Å². The van der Waals surface area contributed by atoms with Crippen molar-refractivity contribution in [2.24, 2.45) is 5.73 Å². The van der Waals surface area contributed by atoms with E-state index in [9.17, 15) is 19.2 Å². The van der Waals surface area contributed by atoms with Gasteiger partial charge >= 0.3 is 12.1 Å². The summed E-state index contributed by atoms with van der Waals surface area (Å²) >= 11 is 6.59. The number of rotatable bonds is 5. The van der Waals surface area contributed by atoms with Gasteiger partial charge in [-0.15, -0.1) is 0 Å². The van der Waals surface area contributed by atoms with Crippen LogP contribution in [0.5, 0.6) is 0 Å². The molecule has 13 heteroatoms. The van der Waals surface area contributed by atoms with Gasteiger partial charge in [0, 0.05) is 23.2 Å². The van der Waals surface area contributed by atoms with Gasteiger partial charge in [0.25, 0.3) is 5.91 Å². The Hall–Kier alpha value is -4.68. The van der Waals surface area contributed by atoms with Crippen LogP contribution < -0.4 is 21.7 Å². The fourth-order valence-electron chi connectivity index (χ4n) is 4.41. The molecule has 2 bridgehead atoms. The van der Waals surface area contributed by atoms with Gasteiger partial charge in [0.15, 0.2) is 0 Å². The van der Waals surface area contributed by atoms with Crippen molar-refractivity contribution in [2.75, 3.05) is 17.7 Å². The number of aromatic amines is 1. The number of aromatic nitrogens is 2. The van der Waals surface area contributed by atoms with Crippen molar-refractivity contribution in [3.05, 3.63) is 76.7 Å². The summed E-state index contributed by atoms with van der Waals surface area (Å²) in [5.74, 6) is -0.780. The van der Waals surface area contributed by atoms with E-state index in [0.29, 0.717) is 52.4 Å². The summed E-state index contributed by atoms with van der Waals surface area (Å²) in [6, 6.07) is 9.68. The predicted molar refractivity (Wildman–Crippen MR) is 166 cm³/mol. The standard InChI is InChI=1S/C31H35ClN6O6/c1-31(2,3)44-29(41)24(33)17-10-12-18(13-11-17)28(40)36-21-8-6-5-7-9-23(39)35-22-16-19(34-30(42)43-4)14-15-20(22)25-26(32)38-27(21)37-25/h5-6,10-16,21,24H,7-9,33H2,1-4H3,(H,34,42)(H,35,39)(H,36,40)(H,37,38)/b6-5+/t21-,24?/m0/s1. The minimum atomic E-state index is -0.993. The maximum atomic E-state index is 13.3. The van der Waals surface area contributed by atoms with Crippen molar-refractivity contribution < 1.29 is 28.7 Å². The quantitative estimate of drug-likeness (QED) is 0.185. The summed E-state index contributed by atoms with van der Waals surface area (Å²) in [7, 11) is 1.25. The number of hydrogen-bond acceptors (Lipinski definition) is 8. The van der Waals surface area contributed by atoms with Gasteiger partial charge in [-0.1, -0.05) is 35.9 Å². The summed E-state index contributed by atoms with van der Waals surface area (Å²) in [5, 5.41) is 8.63. The van der Waals surface area contributed by atoms with Gasteiger partial charge in [-0.3, -0.25) is 14.9 Å². The molecule has 0 saturated carbocycles. The molecule has 3 amide bonds. The number of carbonyl (C=O) groups excluding carboxylic acids is 4. The zero-order chi connectivity index (χ0) is 32.0. The van der Waals surface area contributed by atoms with Crippen LogP contribution in [-0.4, -0.2) is 46.6 Å². The third kappa shape index (κ3) is 8.23. The first-order valence-corrected chi connectivity index (χ1v) is 14.3. The number of halogens is 1. The van der Waals surface area contributed by atoms with Crippen molar-refractivity contribution >= 4 is 46.9 Å². The number of ether oxygens (including phenoxy) is 2. The predicted octanol–water partition coefficient (Wildman–Crippen LogP) is 5.40. The van der Waals surface area contributed by atoms with Crippen molar-refractivity contribution in [1.29, 1.82) is 0 Å². The van der Waals surface area contributed by atoms with Crippen molar-refractivity contribution in [2.45, 2.75) is 57.7 Å². The molecule has 4 rings (SSSR count). The molecule has 1 unspecified atom stereocenters. The highest BCUT2D eigenvalue weighted by Crippen LogP contribution is 2.35. The number of methoxy groups -OCH3 is 1. The largest absolute Gasteiger partial charge is 0.459 e. The number of hydrogen-bond donors (Lipinski definition) is 5. The first-order chi connectivity index (χ1) is 20.8. The molecule has 3 aromatic rings. The van der Waals surface area contributed by atoms with E-state index in [-0.39, 0.29) is 23.4 Å². The molecule has 0 radical (unpaired) electrons. The molecule has 0 fully saturated rings. The molecule has 44 heavy (non-hydrogen) atoms. The Bertz CT molecular complexity index is 1580. The molecule has 1 aromatic heterocycles. The van der Waals surface area contributed by atoms with Crippen LogP contribution in [0.15, 0.2) is 54.6 Å². The van der Waals surface area contributed by atoms with Gasteiger partial charge in [-0.2, -0.15) is 0 Å². The van der Waals surface area contributed by atoms with E-state index < -0.39 is 29.7 Å². The second kappa shape index (κ2) is 13.7. The first-order valence-electron chi connectivity index (χ1n) is 13.9. The second-order valence-corrected chi connectivity index (χ2v) is 11.5. The normalized spacial score (nSPS) is 16.5. The monoisotopic (exact) mass is 622 g/mol. The molecule has 2 atom stereocenters. The van der Waals surface area contributed by atoms with Gasteiger partial charge < -0.3 is 30.8 Å². The lowest BCUT2D eigenvalue weighted by atomic mass is 10.0. The van der Waals surface area contributed by atoms with E-state index in [1.807, 2.05) is 12.2 Å². The highest BCUT2D eigenvalue weighted by Gasteiger charge is 2.25. The molecule has 2 aromatic carbocycles. The van der Waals surface area contributed by atoms with E-state index in [4.69, 9.17) is 27.1 Å². The number of nitrogens with one attached hydrogen (secondary N) is 4. The Morgan fingerprint density at radius 2 is 1.84 bits per heavy atom. The number of imidazole rings is 1. The highest BCUT2D eigenvalue weighted by atomic mass is 35.5. The fraction of sp³-hybridized carbons (Fsp3) is 0.323. The van der Waals surface area contributed by atoms with E-state index in [2.05, 4.69) is 25.7 Å². The number of nitrogens with zero attached hydrogens (tertiary/aromatic N) is 1. The average Bonchev–Trinajstić information content (AvgIpc) is 3.36. The van der Waals surface area contributed by atoms with Crippen LogP contribution in [0.3, 0.4) is 0 Å². The van der Waals surface area contributed by atoms with E-state index in [0.717, 1.165) is 0 Å². The molecule has 0 saturated heterocycles. The summed E-state index contributed by atoms with van der Waals surface area (Å²) in [5.41, 5.74) is 7.90. The van der Waals surface area contributed by atoms with Crippen molar-refractivity contribution in [1.82, 2.24) is 15.3 Å². The summed E-state index contributed by atoms with van der Waals surface area (Å²) in [6.07, 6.45) is 4.09. The van der Waals surface area contributed by atoms with Crippen LogP contribution in [0, 0.1) is 0 Å². The third-order valence-electron chi connectivity index (χ3n) is 6.56. The van der Waals surface area contributed by atoms with Gasteiger partial charge in [-0.25, -0.2) is 14.6 Å². The Morgan fingerprint density at radius 1 is 1.11 bits per heavy atom. The molecule has 0 spiro atoms. The number of anilines is 2. The number of allylic oxidation sites excluding steroid dienone is 1. The van der Waals surface area contributed by atoms with E-state index >= 15 is 0 Å². The molecular formula is C31H35ClN6O6. The molecule has 12 nitrogen and oxygen atoms in total. The van der Waals surface area contributed by atoms with Gasteiger partial charge in [0.1, 0.15) is 28.3 Å².